The van der Waals surface area contributed by atoms with Crippen molar-refractivity contribution < 1.29 is 23.7 Å². The highest BCUT2D eigenvalue weighted by atomic mass is 32.1. The van der Waals surface area contributed by atoms with Crippen molar-refractivity contribution in [3.63, 3.8) is 0 Å². The van der Waals surface area contributed by atoms with E-state index in [0.29, 0.717) is 34.3 Å². The van der Waals surface area contributed by atoms with Gasteiger partial charge in [-0.2, -0.15) is 4.99 Å². The first-order valence-corrected chi connectivity index (χ1v) is 10.2. The third kappa shape index (κ3) is 4.80. The van der Waals surface area contributed by atoms with E-state index in [1.165, 1.54) is 17.4 Å². The summed E-state index contributed by atoms with van der Waals surface area (Å²) in [6.07, 6.45) is 4.86. The van der Waals surface area contributed by atoms with Crippen LogP contribution in [0, 0.1) is 0 Å². The number of aromatic nitrogens is 1. The molecule has 0 radical (unpaired) electrons. The molecule has 0 N–H and O–H groups in total. The van der Waals surface area contributed by atoms with E-state index in [-0.39, 0.29) is 5.91 Å². The molecule has 0 aliphatic carbocycles. The fourth-order valence-corrected chi connectivity index (χ4v) is 4.10. The molecule has 0 fully saturated rings. The van der Waals surface area contributed by atoms with E-state index in [9.17, 15) is 4.79 Å². The molecule has 8 heteroatoms. The largest absolute Gasteiger partial charge is 0.493 e. The number of hydrogen-bond acceptors (Lipinski definition) is 6. The van der Waals surface area contributed by atoms with Crippen molar-refractivity contribution in [2.75, 3.05) is 28.4 Å². The van der Waals surface area contributed by atoms with Crippen LogP contribution < -0.4 is 23.7 Å². The lowest BCUT2D eigenvalue weighted by Gasteiger charge is -2.08. The summed E-state index contributed by atoms with van der Waals surface area (Å²) in [5, 5.41) is 0. The molecule has 7 nitrogen and oxygen atoms in total. The fourth-order valence-electron chi connectivity index (χ4n) is 3.04. The van der Waals surface area contributed by atoms with Crippen LogP contribution in [-0.2, 0) is 11.3 Å². The van der Waals surface area contributed by atoms with Crippen LogP contribution >= 0.6 is 11.3 Å². The Labute approximate surface area is 184 Å². The Morgan fingerprint density at radius 1 is 1.00 bits per heavy atom. The summed E-state index contributed by atoms with van der Waals surface area (Å²) in [5.41, 5.74) is 1.68. The lowest BCUT2D eigenvalue weighted by molar-refractivity contribution is -0.113. The molecule has 1 aromatic heterocycles. The monoisotopic (exact) mass is 440 g/mol. The Bertz CT molecular complexity index is 1210. The van der Waals surface area contributed by atoms with Crippen molar-refractivity contribution in [3.8, 4) is 23.0 Å². The van der Waals surface area contributed by atoms with E-state index in [1.807, 2.05) is 22.8 Å². The number of benzene rings is 2. The highest BCUT2D eigenvalue weighted by molar-refractivity contribution is 7.16. The molecule has 0 spiro atoms. The number of thiazole rings is 1. The zero-order valence-corrected chi connectivity index (χ0v) is 18.7. The third-order valence-electron chi connectivity index (χ3n) is 4.53. The van der Waals surface area contributed by atoms with Gasteiger partial charge in [0.05, 0.1) is 38.7 Å². The number of ether oxygens (including phenoxy) is 4. The number of hydrogen-bond donors (Lipinski definition) is 0. The third-order valence-corrected chi connectivity index (χ3v) is 5.57. The highest BCUT2D eigenvalue weighted by Crippen LogP contribution is 2.33. The van der Waals surface area contributed by atoms with Gasteiger partial charge >= 0.3 is 0 Å². The maximum absolute atomic E-state index is 12.6. The lowest BCUT2D eigenvalue weighted by Crippen LogP contribution is -2.15. The normalized spacial score (nSPS) is 11.7. The Balaban J connectivity index is 1.99. The second kappa shape index (κ2) is 9.99. The number of amides is 1. The first-order valence-electron chi connectivity index (χ1n) is 9.39. The maximum atomic E-state index is 12.6. The zero-order chi connectivity index (χ0) is 22.4. The molecule has 0 unspecified atom stereocenters. The summed E-state index contributed by atoms with van der Waals surface area (Å²) in [4.78, 5) is 17.4. The van der Waals surface area contributed by atoms with Gasteiger partial charge in [-0.1, -0.05) is 23.5 Å². The van der Waals surface area contributed by atoms with E-state index >= 15 is 0 Å². The van der Waals surface area contributed by atoms with Crippen molar-refractivity contribution >= 4 is 33.5 Å². The summed E-state index contributed by atoms with van der Waals surface area (Å²) >= 11 is 1.40. The lowest BCUT2D eigenvalue weighted by atomic mass is 10.2. The average molecular weight is 441 g/mol. The summed E-state index contributed by atoms with van der Waals surface area (Å²) in [7, 11) is 6.31. The summed E-state index contributed by atoms with van der Waals surface area (Å²) in [6.45, 7) is 4.31. The van der Waals surface area contributed by atoms with Crippen LogP contribution in [0.15, 0.2) is 54.1 Å². The molecule has 1 heterocycles. The van der Waals surface area contributed by atoms with E-state index < -0.39 is 0 Å². The van der Waals surface area contributed by atoms with Gasteiger partial charge in [0.1, 0.15) is 0 Å². The smallest absolute Gasteiger partial charge is 0.272 e. The van der Waals surface area contributed by atoms with Crippen molar-refractivity contribution in [2.24, 2.45) is 4.99 Å². The number of allylic oxidation sites excluding steroid dienone is 1. The Kier molecular flexibility index (Phi) is 7.15. The maximum Gasteiger partial charge on any atom is 0.272 e. The van der Waals surface area contributed by atoms with E-state index in [0.717, 1.165) is 15.8 Å². The molecular weight excluding hydrogens is 416 g/mol. The molecule has 3 rings (SSSR count). The van der Waals surface area contributed by atoms with Crippen molar-refractivity contribution in [1.82, 2.24) is 4.57 Å². The fraction of sp³-hybridized carbons (Fsp3) is 0.217. The minimum atomic E-state index is -0.377. The van der Waals surface area contributed by atoms with Gasteiger partial charge in [0.15, 0.2) is 27.8 Å². The number of rotatable bonds is 8. The number of fused-ring (bicyclic) bond motifs is 1. The SMILES string of the molecule is C=CCn1c(=NC(=O)/C=C/c2ccc(OC)c(OC)c2)sc2cc(OC)c(OC)cc21. The predicted octanol–water partition coefficient (Wildman–Crippen LogP) is 4.06. The topological polar surface area (TPSA) is 71.3 Å². The van der Waals surface area contributed by atoms with Crippen molar-refractivity contribution in [3.05, 3.63) is 59.4 Å². The first-order chi connectivity index (χ1) is 15.0. The molecule has 0 aliphatic rings. The van der Waals surface area contributed by atoms with Gasteiger partial charge in [-0.25, -0.2) is 0 Å². The first kappa shape index (κ1) is 22.2. The van der Waals surface area contributed by atoms with Gasteiger partial charge in [0.2, 0.25) is 0 Å². The molecule has 162 valence electrons. The second-order valence-electron chi connectivity index (χ2n) is 6.36. The number of nitrogens with zero attached hydrogens (tertiary/aromatic N) is 2. The standard InChI is InChI=1S/C23H24N2O5S/c1-6-11-25-16-13-19(29-4)20(30-5)14-21(16)31-23(25)24-22(26)10-8-15-7-9-17(27-2)18(12-15)28-3/h6-10,12-14H,1,11H2,2-5H3/b10-8+,24-23?. The van der Waals surface area contributed by atoms with Gasteiger partial charge in [0, 0.05) is 24.8 Å². The van der Waals surface area contributed by atoms with Crippen LogP contribution in [0.25, 0.3) is 16.3 Å². The highest BCUT2D eigenvalue weighted by Gasteiger charge is 2.12. The summed E-state index contributed by atoms with van der Waals surface area (Å²) < 4.78 is 24.2. The molecule has 0 atom stereocenters. The molecule has 31 heavy (non-hydrogen) atoms. The number of carbonyl (C=O) groups excluding carboxylic acids is 1. The van der Waals surface area contributed by atoms with E-state index in [1.54, 1.807) is 52.7 Å². The van der Waals surface area contributed by atoms with Crippen LogP contribution in [0.5, 0.6) is 23.0 Å². The Morgan fingerprint density at radius 3 is 2.29 bits per heavy atom. The summed E-state index contributed by atoms with van der Waals surface area (Å²) in [6, 6.07) is 9.16. The minimum absolute atomic E-state index is 0.377. The van der Waals surface area contributed by atoms with Crippen LogP contribution in [0.2, 0.25) is 0 Å². The Morgan fingerprint density at radius 2 is 1.65 bits per heavy atom. The second-order valence-corrected chi connectivity index (χ2v) is 7.37. The Hall–Kier alpha value is -3.52. The van der Waals surface area contributed by atoms with E-state index in [2.05, 4.69) is 11.6 Å². The van der Waals surface area contributed by atoms with Gasteiger partial charge in [-0.05, 0) is 23.8 Å². The van der Waals surface area contributed by atoms with Crippen molar-refractivity contribution in [1.29, 1.82) is 0 Å². The molecular formula is C23H24N2O5S. The molecule has 0 bridgehead atoms. The van der Waals surface area contributed by atoms with Crippen LogP contribution in [0.3, 0.4) is 0 Å². The predicted molar refractivity (Wildman–Crippen MR) is 122 cm³/mol. The molecule has 0 saturated carbocycles. The van der Waals surface area contributed by atoms with Crippen LogP contribution in [0.4, 0.5) is 0 Å². The number of methoxy groups -OCH3 is 4. The van der Waals surface area contributed by atoms with Gasteiger partial charge < -0.3 is 23.5 Å². The number of carbonyl (C=O) groups is 1. The van der Waals surface area contributed by atoms with Crippen LogP contribution in [-0.4, -0.2) is 38.9 Å². The quantitative estimate of drug-likeness (QED) is 0.390. The molecule has 1 amide bonds. The zero-order valence-electron chi connectivity index (χ0n) is 17.9. The minimum Gasteiger partial charge on any atom is -0.493 e. The van der Waals surface area contributed by atoms with E-state index in [4.69, 9.17) is 18.9 Å². The molecule has 0 aliphatic heterocycles. The average Bonchev–Trinajstić information content (AvgIpc) is 3.12. The van der Waals surface area contributed by atoms with Gasteiger partial charge in [-0.3, -0.25) is 4.79 Å². The van der Waals surface area contributed by atoms with Crippen molar-refractivity contribution in [2.45, 2.75) is 6.54 Å². The van der Waals surface area contributed by atoms with Crippen LogP contribution in [0.1, 0.15) is 5.56 Å². The summed E-state index contributed by atoms with van der Waals surface area (Å²) in [5.74, 6) is 2.06. The molecule has 2 aromatic carbocycles. The molecule has 3 aromatic rings. The van der Waals surface area contributed by atoms with Gasteiger partial charge in [-0.15, -0.1) is 6.58 Å². The van der Waals surface area contributed by atoms with Gasteiger partial charge in [0.25, 0.3) is 5.91 Å². The molecule has 0 saturated heterocycles.